The van der Waals surface area contributed by atoms with Gasteiger partial charge in [0.2, 0.25) is 0 Å². The number of unbranched alkanes of at least 4 members (excludes halogenated alkanes) is 40. The highest BCUT2D eigenvalue weighted by atomic mass is 31.2. The van der Waals surface area contributed by atoms with E-state index in [2.05, 4.69) is 55.4 Å². The number of aliphatic hydroxyl groups is 1. The Hall–Kier alpha value is -1.94. The van der Waals surface area contributed by atoms with Crippen molar-refractivity contribution >= 4 is 39.5 Å². The number of esters is 4. The fourth-order valence-electron chi connectivity index (χ4n) is 11.9. The first-order valence-electron chi connectivity index (χ1n) is 40.2. The second kappa shape index (κ2) is 67.2. The molecular weight excluding hydrogens is 1270 g/mol. The van der Waals surface area contributed by atoms with Crippen molar-refractivity contribution in [2.24, 2.45) is 23.7 Å². The van der Waals surface area contributed by atoms with Gasteiger partial charge in [-0.25, -0.2) is 9.13 Å². The third-order valence-corrected chi connectivity index (χ3v) is 20.3. The third kappa shape index (κ3) is 70.9. The number of aliphatic hydroxyl groups excluding tert-OH is 1. The summed E-state index contributed by atoms with van der Waals surface area (Å²) in [4.78, 5) is 72.8. The Balaban J connectivity index is 5.19. The first kappa shape index (κ1) is 95.1. The van der Waals surface area contributed by atoms with Gasteiger partial charge in [0.05, 0.1) is 26.4 Å². The Morgan fingerprint density at radius 2 is 0.495 bits per heavy atom. The molecule has 0 amide bonds. The predicted molar refractivity (Wildman–Crippen MR) is 395 cm³/mol. The lowest BCUT2D eigenvalue weighted by Crippen LogP contribution is -2.30. The quantitative estimate of drug-likeness (QED) is 0.0222. The number of ether oxygens (including phenoxy) is 4. The summed E-state index contributed by atoms with van der Waals surface area (Å²) in [6, 6.07) is 0. The number of rotatable bonds is 75. The predicted octanol–water partition coefficient (Wildman–Crippen LogP) is 22.8. The van der Waals surface area contributed by atoms with Crippen molar-refractivity contribution in [2.45, 2.75) is 414 Å². The smallest absolute Gasteiger partial charge is 0.462 e. The van der Waals surface area contributed by atoms with E-state index in [-0.39, 0.29) is 25.7 Å². The molecule has 0 bridgehead atoms. The first-order valence-corrected chi connectivity index (χ1v) is 43.2. The van der Waals surface area contributed by atoms with Crippen molar-refractivity contribution in [2.75, 3.05) is 39.6 Å². The molecule has 6 atom stereocenters. The van der Waals surface area contributed by atoms with E-state index < -0.39 is 97.5 Å². The van der Waals surface area contributed by atoms with Crippen LogP contribution in [-0.4, -0.2) is 96.7 Å². The monoisotopic (exact) mass is 1420 g/mol. The molecule has 0 aromatic rings. The van der Waals surface area contributed by atoms with Crippen molar-refractivity contribution in [1.82, 2.24) is 0 Å². The minimum atomic E-state index is -4.96. The van der Waals surface area contributed by atoms with Crippen LogP contribution >= 0.6 is 15.6 Å². The molecule has 0 spiro atoms. The zero-order chi connectivity index (χ0) is 71.7. The van der Waals surface area contributed by atoms with Crippen LogP contribution in [0.4, 0.5) is 0 Å². The van der Waals surface area contributed by atoms with Crippen molar-refractivity contribution in [3.8, 4) is 0 Å². The van der Waals surface area contributed by atoms with Crippen molar-refractivity contribution in [3.05, 3.63) is 0 Å². The zero-order valence-electron chi connectivity index (χ0n) is 63.7. The molecule has 0 fully saturated rings. The number of hydrogen-bond acceptors (Lipinski definition) is 15. The van der Waals surface area contributed by atoms with Gasteiger partial charge in [0.1, 0.15) is 19.3 Å². The van der Waals surface area contributed by atoms with E-state index >= 15 is 0 Å². The Morgan fingerprint density at radius 3 is 0.732 bits per heavy atom. The van der Waals surface area contributed by atoms with Crippen LogP contribution in [0, 0.1) is 23.7 Å². The number of carbonyl (C=O) groups is 4. The summed E-state index contributed by atoms with van der Waals surface area (Å²) in [5.74, 6) is 0.936. The van der Waals surface area contributed by atoms with E-state index in [1.54, 1.807) is 0 Å². The van der Waals surface area contributed by atoms with E-state index in [0.29, 0.717) is 31.6 Å². The van der Waals surface area contributed by atoms with Gasteiger partial charge in [-0.15, -0.1) is 0 Å². The summed E-state index contributed by atoms with van der Waals surface area (Å²) >= 11 is 0. The highest BCUT2D eigenvalue weighted by molar-refractivity contribution is 7.47. The Bertz CT molecular complexity index is 1900. The molecule has 17 nitrogen and oxygen atoms in total. The maximum absolute atomic E-state index is 13.1. The van der Waals surface area contributed by atoms with Crippen LogP contribution in [0.5, 0.6) is 0 Å². The minimum absolute atomic E-state index is 0.105. The first-order chi connectivity index (χ1) is 46.6. The van der Waals surface area contributed by atoms with Crippen LogP contribution in [-0.2, 0) is 65.4 Å². The fraction of sp³-hybridized carbons (Fsp3) is 0.949. The molecule has 97 heavy (non-hydrogen) atoms. The van der Waals surface area contributed by atoms with Crippen LogP contribution in [0.15, 0.2) is 0 Å². The SMILES string of the molecule is CCC(C)CCCCCCCCCCCCC(=O)O[C@H](COC(=O)CCCCCCCCCCCCCCCCCCCCC(C)C)COP(=O)(O)OC[C@@H](O)COP(=O)(O)OC[C@@H](COC(=O)CCCCCCCCC(C)C)OC(=O)CCCCCCCCCCCCC(C)C. The van der Waals surface area contributed by atoms with Gasteiger partial charge in [-0.05, 0) is 49.4 Å². The molecule has 0 heterocycles. The lowest BCUT2D eigenvalue weighted by Gasteiger charge is -2.21. The molecule has 0 rings (SSSR count). The molecule has 576 valence electrons. The molecule has 0 saturated carbocycles. The van der Waals surface area contributed by atoms with Gasteiger partial charge in [-0.2, -0.15) is 0 Å². The highest BCUT2D eigenvalue weighted by Crippen LogP contribution is 2.45. The van der Waals surface area contributed by atoms with Crippen LogP contribution in [0.2, 0.25) is 0 Å². The van der Waals surface area contributed by atoms with Crippen molar-refractivity contribution in [3.63, 3.8) is 0 Å². The topological polar surface area (TPSA) is 237 Å². The van der Waals surface area contributed by atoms with E-state index in [9.17, 15) is 43.2 Å². The zero-order valence-corrected chi connectivity index (χ0v) is 65.5. The molecule has 0 radical (unpaired) electrons. The Labute approximate surface area is 594 Å². The Morgan fingerprint density at radius 1 is 0.289 bits per heavy atom. The molecule has 0 aliphatic rings. The van der Waals surface area contributed by atoms with Gasteiger partial charge in [-0.3, -0.25) is 37.3 Å². The summed E-state index contributed by atoms with van der Waals surface area (Å²) < 4.78 is 68.5. The van der Waals surface area contributed by atoms with E-state index in [4.69, 9.17) is 37.0 Å². The molecule has 0 aliphatic heterocycles. The molecule has 0 aromatic carbocycles. The third-order valence-electron chi connectivity index (χ3n) is 18.4. The minimum Gasteiger partial charge on any atom is -0.462 e. The molecule has 0 aromatic heterocycles. The molecule has 19 heteroatoms. The summed E-state index contributed by atoms with van der Waals surface area (Å²) in [6.45, 7) is 14.2. The van der Waals surface area contributed by atoms with Gasteiger partial charge in [0, 0.05) is 25.7 Å². The lowest BCUT2D eigenvalue weighted by molar-refractivity contribution is -0.161. The second-order valence-corrected chi connectivity index (χ2v) is 32.7. The number of phosphoric acid groups is 2. The number of hydrogen-bond donors (Lipinski definition) is 3. The van der Waals surface area contributed by atoms with Gasteiger partial charge >= 0.3 is 39.5 Å². The van der Waals surface area contributed by atoms with Crippen LogP contribution < -0.4 is 0 Å². The lowest BCUT2D eigenvalue weighted by atomic mass is 9.99. The molecule has 0 aliphatic carbocycles. The van der Waals surface area contributed by atoms with Crippen molar-refractivity contribution in [1.29, 1.82) is 0 Å². The van der Waals surface area contributed by atoms with Gasteiger partial charge in [-0.1, -0.05) is 344 Å². The van der Waals surface area contributed by atoms with E-state index in [1.165, 1.54) is 193 Å². The summed E-state index contributed by atoms with van der Waals surface area (Å²) in [6.07, 6.45) is 52.9. The van der Waals surface area contributed by atoms with Crippen LogP contribution in [0.25, 0.3) is 0 Å². The summed E-state index contributed by atoms with van der Waals surface area (Å²) in [7, 11) is -9.91. The van der Waals surface area contributed by atoms with E-state index in [0.717, 1.165) is 114 Å². The van der Waals surface area contributed by atoms with Crippen molar-refractivity contribution < 1.29 is 80.2 Å². The van der Waals surface area contributed by atoms with Crippen LogP contribution in [0.1, 0.15) is 396 Å². The van der Waals surface area contributed by atoms with Gasteiger partial charge in [0.15, 0.2) is 12.2 Å². The molecular formula is C78H152O17P2. The molecule has 3 N–H and O–H groups in total. The molecule has 0 saturated heterocycles. The number of carbonyl (C=O) groups excluding carboxylic acids is 4. The molecule has 3 unspecified atom stereocenters. The number of phosphoric ester groups is 2. The van der Waals surface area contributed by atoms with Gasteiger partial charge in [0.25, 0.3) is 0 Å². The maximum Gasteiger partial charge on any atom is 0.472 e. The maximum atomic E-state index is 13.1. The second-order valence-electron chi connectivity index (χ2n) is 29.8. The average Bonchev–Trinajstić information content (AvgIpc) is 1.70. The Kier molecular flexibility index (Phi) is 65.9. The summed E-state index contributed by atoms with van der Waals surface area (Å²) in [5, 5.41) is 10.6. The largest absolute Gasteiger partial charge is 0.472 e. The highest BCUT2D eigenvalue weighted by Gasteiger charge is 2.30. The van der Waals surface area contributed by atoms with Crippen LogP contribution in [0.3, 0.4) is 0 Å². The summed E-state index contributed by atoms with van der Waals surface area (Å²) in [5.41, 5.74) is 0. The standard InChI is InChI=1S/C78H152O17P2/c1-9-71(8)57-49-41-32-26-21-23-29-35-45-53-61-78(83)94-73(64-88-75(80)58-50-42-33-27-19-17-15-13-11-10-12-14-16-18-24-30-38-46-54-68(2)3)66-92-96(84,85)90-62-72(79)63-91-97(86,87)93-67-74(65-89-76(81)59-51-43-37-36-40-48-56-70(6)7)95-77(82)60-52-44-34-28-22-20-25-31-39-47-55-69(4)5/h68-74,79H,9-67H2,1-8H3,(H,84,85)(H,86,87)/t71?,72-,73-,74-/m1/s1. The van der Waals surface area contributed by atoms with Gasteiger partial charge < -0.3 is 33.8 Å². The average molecular weight is 1420 g/mol. The fourth-order valence-corrected chi connectivity index (χ4v) is 13.5. The van der Waals surface area contributed by atoms with E-state index in [1.807, 2.05) is 0 Å². The normalized spacial score (nSPS) is 14.4.